The number of rotatable bonds is 6. The van der Waals surface area contributed by atoms with Crippen LogP contribution in [-0.2, 0) is 13.0 Å². The molecule has 2 aromatic heterocycles. The Hall–Kier alpha value is -2.11. The molecule has 0 aliphatic heterocycles. The predicted molar refractivity (Wildman–Crippen MR) is 77.0 cm³/mol. The Bertz CT molecular complexity index is 640. The van der Waals surface area contributed by atoms with Crippen molar-refractivity contribution in [1.29, 1.82) is 0 Å². The Balaban J connectivity index is 1.55. The van der Waals surface area contributed by atoms with Gasteiger partial charge in [0.25, 0.3) is 5.91 Å². The first-order valence-corrected chi connectivity index (χ1v) is 7.34. The molecule has 2 heterocycles. The molecule has 0 aromatic carbocycles. The molecule has 0 bridgehead atoms. The summed E-state index contributed by atoms with van der Waals surface area (Å²) in [6, 6.07) is 0. The van der Waals surface area contributed by atoms with Crippen LogP contribution in [0.25, 0.3) is 0 Å². The fourth-order valence-corrected chi connectivity index (χ4v) is 2.41. The van der Waals surface area contributed by atoms with Gasteiger partial charge in [0.15, 0.2) is 6.39 Å². The first-order valence-electron chi connectivity index (χ1n) is 7.34. The van der Waals surface area contributed by atoms with E-state index in [1.807, 2.05) is 6.20 Å². The topological polar surface area (TPSA) is 73.0 Å². The van der Waals surface area contributed by atoms with Crippen LogP contribution in [0.1, 0.15) is 40.6 Å². The maximum absolute atomic E-state index is 11.9. The summed E-state index contributed by atoms with van der Waals surface area (Å²) in [5.41, 5.74) is 1.80. The minimum absolute atomic E-state index is 0.220. The third-order valence-electron chi connectivity index (χ3n) is 3.86. The molecule has 1 aliphatic rings. The highest BCUT2D eigenvalue weighted by atomic mass is 16.3. The van der Waals surface area contributed by atoms with Gasteiger partial charge < -0.3 is 14.3 Å². The van der Waals surface area contributed by atoms with E-state index in [1.165, 1.54) is 24.9 Å². The summed E-state index contributed by atoms with van der Waals surface area (Å²) >= 11 is 0. The van der Waals surface area contributed by atoms with Crippen molar-refractivity contribution in [3.05, 3.63) is 35.6 Å². The Morgan fingerprint density at radius 2 is 2.24 bits per heavy atom. The Morgan fingerprint density at radius 1 is 1.43 bits per heavy atom. The average molecular weight is 288 g/mol. The zero-order valence-electron chi connectivity index (χ0n) is 12.4. The van der Waals surface area contributed by atoms with Crippen molar-refractivity contribution in [1.82, 2.24) is 19.9 Å². The van der Waals surface area contributed by atoms with Crippen LogP contribution in [0.4, 0.5) is 0 Å². The zero-order chi connectivity index (χ0) is 14.8. The zero-order valence-corrected chi connectivity index (χ0v) is 12.4. The van der Waals surface area contributed by atoms with Crippen LogP contribution in [-0.4, -0.2) is 27.0 Å². The van der Waals surface area contributed by atoms with Gasteiger partial charge in [0.1, 0.15) is 5.82 Å². The minimum Gasteiger partial charge on any atom is -0.438 e. The van der Waals surface area contributed by atoms with E-state index < -0.39 is 0 Å². The number of nitrogens with zero attached hydrogens (tertiary/aromatic N) is 3. The highest BCUT2D eigenvalue weighted by Gasteiger charge is 2.23. The first-order chi connectivity index (χ1) is 10.1. The molecule has 6 nitrogen and oxygen atoms in total. The van der Waals surface area contributed by atoms with Crippen LogP contribution in [0.3, 0.4) is 0 Å². The van der Waals surface area contributed by atoms with Gasteiger partial charge in [-0.05, 0) is 32.6 Å². The number of oxazole rings is 1. The fraction of sp³-hybridized carbons (Fsp3) is 0.533. The monoisotopic (exact) mass is 288 g/mol. The van der Waals surface area contributed by atoms with Gasteiger partial charge >= 0.3 is 0 Å². The summed E-state index contributed by atoms with van der Waals surface area (Å²) in [6.45, 7) is 5.43. The minimum atomic E-state index is -0.220. The lowest BCUT2D eigenvalue weighted by atomic mass is 10.3. The van der Waals surface area contributed by atoms with Gasteiger partial charge in [-0.2, -0.15) is 0 Å². The van der Waals surface area contributed by atoms with Gasteiger partial charge in [0.05, 0.1) is 5.69 Å². The van der Waals surface area contributed by atoms with Gasteiger partial charge in [-0.1, -0.05) is 0 Å². The molecule has 1 saturated carbocycles. The molecule has 2 aromatic rings. The maximum atomic E-state index is 11.9. The van der Waals surface area contributed by atoms with Gasteiger partial charge in [0, 0.05) is 31.4 Å². The fourth-order valence-electron chi connectivity index (χ4n) is 2.41. The first kappa shape index (κ1) is 13.9. The lowest BCUT2D eigenvalue weighted by Gasteiger charge is -2.09. The van der Waals surface area contributed by atoms with Crippen LogP contribution in [0.5, 0.6) is 0 Å². The summed E-state index contributed by atoms with van der Waals surface area (Å²) in [6.07, 6.45) is 6.55. The number of aromatic nitrogens is 3. The van der Waals surface area contributed by atoms with E-state index in [9.17, 15) is 4.79 Å². The van der Waals surface area contributed by atoms with Crippen LogP contribution in [0.2, 0.25) is 0 Å². The largest absolute Gasteiger partial charge is 0.438 e. The van der Waals surface area contributed by atoms with Crippen LogP contribution < -0.4 is 5.32 Å². The molecule has 1 N–H and O–H groups in total. The number of nitrogens with one attached hydrogen (secondary N) is 1. The average Bonchev–Trinajstić information content (AvgIpc) is 3.08. The van der Waals surface area contributed by atoms with E-state index in [2.05, 4.69) is 26.8 Å². The third-order valence-corrected chi connectivity index (χ3v) is 3.86. The number of hydrogen-bond donors (Lipinski definition) is 1. The molecule has 6 heteroatoms. The summed E-state index contributed by atoms with van der Waals surface area (Å²) in [7, 11) is 0. The number of carbonyl (C=O) groups excluding carboxylic acids is 1. The van der Waals surface area contributed by atoms with E-state index in [0.717, 1.165) is 24.7 Å². The van der Waals surface area contributed by atoms with Crippen molar-refractivity contribution < 1.29 is 9.21 Å². The van der Waals surface area contributed by atoms with E-state index in [4.69, 9.17) is 4.42 Å². The second kappa shape index (κ2) is 5.71. The highest BCUT2D eigenvalue weighted by Crippen LogP contribution is 2.31. The molecule has 21 heavy (non-hydrogen) atoms. The summed E-state index contributed by atoms with van der Waals surface area (Å²) in [5, 5.41) is 2.85. The molecule has 0 spiro atoms. The van der Waals surface area contributed by atoms with Gasteiger partial charge in [0.2, 0.25) is 5.76 Å². The van der Waals surface area contributed by atoms with E-state index in [0.29, 0.717) is 12.2 Å². The van der Waals surface area contributed by atoms with Crippen LogP contribution in [0, 0.1) is 19.8 Å². The van der Waals surface area contributed by atoms with Crippen molar-refractivity contribution in [2.45, 2.75) is 39.7 Å². The van der Waals surface area contributed by atoms with Crippen molar-refractivity contribution in [3.8, 4) is 0 Å². The molecule has 0 atom stereocenters. The SMILES string of the molecule is Cc1ncoc1C(=O)NCCc1ncc(C)n1CC1CC1. The van der Waals surface area contributed by atoms with Gasteiger partial charge in [-0.25, -0.2) is 9.97 Å². The quantitative estimate of drug-likeness (QED) is 0.880. The summed E-state index contributed by atoms with van der Waals surface area (Å²) in [5.74, 6) is 1.91. The number of amides is 1. The number of imidazole rings is 1. The molecule has 112 valence electrons. The predicted octanol–water partition coefficient (Wildman–Crippen LogP) is 1.87. The highest BCUT2D eigenvalue weighted by molar-refractivity contribution is 5.92. The molecule has 1 aliphatic carbocycles. The van der Waals surface area contributed by atoms with Crippen molar-refractivity contribution in [2.75, 3.05) is 6.54 Å². The standard InChI is InChI=1S/C15H20N4O2/c1-10-7-17-13(19(10)8-12-3-4-12)5-6-16-15(20)14-11(2)18-9-21-14/h7,9,12H,3-6,8H2,1-2H3,(H,16,20). The molecule has 3 rings (SSSR count). The number of aryl methyl sites for hydroxylation is 2. The van der Waals surface area contributed by atoms with Crippen LogP contribution in [0.15, 0.2) is 17.0 Å². The second-order valence-electron chi connectivity index (χ2n) is 5.64. The normalized spacial score (nSPS) is 14.4. The van der Waals surface area contributed by atoms with Crippen molar-refractivity contribution >= 4 is 5.91 Å². The molecular weight excluding hydrogens is 268 g/mol. The Kier molecular flexibility index (Phi) is 3.77. The van der Waals surface area contributed by atoms with Crippen LogP contribution >= 0.6 is 0 Å². The summed E-state index contributed by atoms with van der Waals surface area (Å²) < 4.78 is 7.34. The second-order valence-corrected chi connectivity index (χ2v) is 5.64. The smallest absolute Gasteiger partial charge is 0.289 e. The number of carbonyl (C=O) groups is 1. The molecule has 0 saturated heterocycles. The Labute approximate surface area is 123 Å². The lowest BCUT2D eigenvalue weighted by Crippen LogP contribution is -2.26. The number of hydrogen-bond acceptors (Lipinski definition) is 4. The molecule has 0 radical (unpaired) electrons. The Morgan fingerprint density at radius 3 is 2.90 bits per heavy atom. The van der Waals surface area contributed by atoms with E-state index in [1.54, 1.807) is 6.92 Å². The van der Waals surface area contributed by atoms with E-state index >= 15 is 0 Å². The van der Waals surface area contributed by atoms with Crippen molar-refractivity contribution in [2.24, 2.45) is 5.92 Å². The third kappa shape index (κ3) is 3.15. The van der Waals surface area contributed by atoms with E-state index in [-0.39, 0.29) is 11.7 Å². The molecule has 1 fully saturated rings. The van der Waals surface area contributed by atoms with Gasteiger partial charge in [-0.15, -0.1) is 0 Å². The summed E-state index contributed by atoms with van der Waals surface area (Å²) in [4.78, 5) is 20.3. The van der Waals surface area contributed by atoms with Gasteiger partial charge in [-0.3, -0.25) is 4.79 Å². The molecular formula is C15H20N4O2. The van der Waals surface area contributed by atoms with Crippen molar-refractivity contribution in [3.63, 3.8) is 0 Å². The lowest BCUT2D eigenvalue weighted by molar-refractivity contribution is 0.0925. The maximum Gasteiger partial charge on any atom is 0.289 e. The molecule has 0 unspecified atom stereocenters. The molecule has 1 amide bonds.